The van der Waals surface area contributed by atoms with E-state index in [-0.39, 0.29) is 18.3 Å². The number of nitrogens with zero attached hydrogens (tertiary/aromatic N) is 1. The van der Waals surface area contributed by atoms with Crippen LogP contribution in [0.25, 0.3) is 0 Å². The molecule has 1 aliphatic heterocycles. The summed E-state index contributed by atoms with van der Waals surface area (Å²) < 4.78 is 18.2. The minimum atomic E-state index is -0.643. The van der Waals surface area contributed by atoms with Crippen LogP contribution >= 0.6 is 0 Å². The van der Waals surface area contributed by atoms with Crippen LogP contribution in [0.3, 0.4) is 0 Å². The summed E-state index contributed by atoms with van der Waals surface area (Å²) >= 11 is 0. The van der Waals surface area contributed by atoms with Gasteiger partial charge in [-0.3, -0.25) is 4.79 Å². The highest BCUT2D eigenvalue weighted by atomic mass is 19.1. The summed E-state index contributed by atoms with van der Waals surface area (Å²) in [5.41, 5.74) is 0.966. The Morgan fingerprint density at radius 1 is 1.48 bits per heavy atom. The van der Waals surface area contributed by atoms with E-state index in [0.29, 0.717) is 30.8 Å². The van der Waals surface area contributed by atoms with Crippen molar-refractivity contribution in [2.24, 2.45) is 0 Å². The zero-order valence-electron chi connectivity index (χ0n) is 12.2. The zero-order valence-corrected chi connectivity index (χ0v) is 12.2. The fourth-order valence-corrected chi connectivity index (χ4v) is 2.42. The zero-order chi connectivity index (χ0) is 15.4. The quantitative estimate of drug-likeness (QED) is 0.849. The molecule has 1 aliphatic rings. The second-order valence-corrected chi connectivity index (χ2v) is 4.93. The molecule has 1 aromatic rings. The Kier molecular flexibility index (Phi) is 4.90. The van der Waals surface area contributed by atoms with Crippen LogP contribution in [-0.2, 0) is 9.53 Å². The number of hydrogen-bond acceptors (Lipinski definition) is 4. The second kappa shape index (κ2) is 6.67. The third-order valence-corrected chi connectivity index (χ3v) is 3.48. The molecule has 0 saturated carbocycles. The molecule has 1 N–H and O–H groups in total. The van der Waals surface area contributed by atoms with Crippen molar-refractivity contribution in [2.45, 2.75) is 19.9 Å². The first kappa shape index (κ1) is 15.4. The molecule has 1 heterocycles. The summed E-state index contributed by atoms with van der Waals surface area (Å²) in [7, 11) is 0. The van der Waals surface area contributed by atoms with E-state index in [1.807, 2.05) is 0 Å². The first-order valence-electron chi connectivity index (χ1n) is 6.99. The number of carbonyl (C=O) groups excluding carboxylic acids is 2. The van der Waals surface area contributed by atoms with Gasteiger partial charge < -0.3 is 15.0 Å². The Balaban J connectivity index is 2.24. The van der Waals surface area contributed by atoms with Gasteiger partial charge in [0.2, 0.25) is 0 Å². The van der Waals surface area contributed by atoms with Gasteiger partial charge in [-0.1, -0.05) is 0 Å². The number of benzene rings is 1. The van der Waals surface area contributed by atoms with Crippen LogP contribution in [0.2, 0.25) is 0 Å². The van der Waals surface area contributed by atoms with E-state index < -0.39 is 12.0 Å². The Hall–Kier alpha value is -1.95. The number of aryl methyl sites for hydroxylation is 1. The molecule has 1 aromatic carbocycles. The number of hydrogen-bond donors (Lipinski definition) is 1. The van der Waals surface area contributed by atoms with Crippen molar-refractivity contribution in [3.8, 4) is 0 Å². The van der Waals surface area contributed by atoms with E-state index in [1.54, 1.807) is 13.8 Å². The van der Waals surface area contributed by atoms with Crippen molar-refractivity contribution in [1.29, 1.82) is 0 Å². The number of piperazine rings is 1. The lowest BCUT2D eigenvalue weighted by atomic mass is 10.1. The van der Waals surface area contributed by atoms with Gasteiger partial charge >= 0.3 is 5.97 Å². The molecule has 2 rings (SSSR count). The van der Waals surface area contributed by atoms with Crippen LogP contribution in [0.4, 0.5) is 4.39 Å². The molecule has 0 aliphatic carbocycles. The van der Waals surface area contributed by atoms with Crippen LogP contribution in [0.1, 0.15) is 22.8 Å². The summed E-state index contributed by atoms with van der Waals surface area (Å²) in [6.45, 7) is 5.07. The number of ether oxygens (including phenoxy) is 1. The van der Waals surface area contributed by atoms with Crippen molar-refractivity contribution in [2.75, 3.05) is 26.2 Å². The Morgan fingerprint density at radius 2 is 2.24 bits per heavy atom. The number of amides is 1. The van der Waals surface area contributed by atoms with Crippen LogP contribution in [0.15, 0.2) is 18.2 Å². The lowest BCUT2D eigenvalue weighted by molar-refractivity contribution is -0.149. The SMILES string of the molecule is CCOC(=O)C1CNCCN1C(=O)c1ccc(F)cc1C. The van der Waals surface area contributed by atoms with Crippen molar-refractivity contribution >= 4 is 11.9 Å². The smallest absolute Gasteiger partial charge is 0.330 e. The first-order chi connectivity index (χ1) is 10.0. The third-order valence-electron chi connectivity index (χ3n) is 3.48. The highest BCUT2D eigenvalue weighted by Crippen LogP contribution is 2.16. The van der Waals surface area contributed by atoms with Gasteiger partial charge in [0, 0.05) is 25.2 Å². The molecule has 6 heteroatoms. The Morgan fingerprint density at radius 3 is 2.90 bits per heavy atom. The highest BCUT2D eigenvalue weighted by Gasteiger charge is 2.34. The molecule has 0 bridgehead atoms. The molecule has 114 valence electrons. The van der Waals surface area contributed by atoms with Gasteiger partial charge in [0.25, 0.3) is 5.91 Å². The van der Waals surface area contributed by atoms with Crippen LogP contribution < -0.4 is 5.32 Å². The molecule has 1 saturated heterocycles. The molecule has 0 radical (unpaired) electrons. The average Bonchev–Trinajstić information content (AvgIpc) is 2.47. The van der Waals surface area contributed by atoms with Gasteiger partial charge in [0.15, 0.2) is 0 Å². The Labute approximate surface area is 123 Å². The van der Waals surface area contributed by atoms with Crippen molar-refractivity contribution in [3.05, 3.63) is 35.1 Å². The maximum Gasteiger partial charge on any atom is 0.330 e. The molecule has 0 spiro atoms. The van der Waals surface area contributed by atoms with E-state index in [2.05, 4.69) is 5.32 Å². The van der Waals surface area contributed by atoms with Crippen molar-refractivity contribution < 1.29 is 18.7 Å². The normalized spacial score (nSPS) is 18.4. The first-order valence-corrected chi connectivity index (χ1v) is 6.99. The molecule has 1 amide bonds. The number of rotatable bonds is 3. The number of nitrogens with one attached hydrogen (secondary N) is 1. The van der Waals surface area contributed by atoms with Crippen LogP contribution in [0.5, 0.6) is 0 Å². The van der Waals surface area contributed by atoms with Gasteiger partial charge in [-0.25, -0.2) is 9.18 Å². The number of halogens is 1. The second-order valence-electron chi connectivity index (χ2n) is 4.93. The van der Waals surface area contributed by atoms with Gasteiger partial charge in [0.1, 0.15) is 11.9 Å². The largest absolute Gasteiger partial charge is 0.464 e. The maximum absolute atomic E-state index is 13.1. The third kappa shape index (κ3) is 3.39. The topological polar surface area (TPSA) is 58.6 Å². The number of esters is 1. The highest BCUT2D eigenvalue weighted by molar-refractivity contribution is 5.98. The molecule has 0 aromatic heterocycles. The van der Waals surface area contributed by atoms with E-state index in [4.69, 9.17) is 4.74 Å². The molecular weight excluding hydrogens is 275 g/mol. The maximum atomic E-state index is 13.1. The molecular formula is C15H19FN2O3. The molecule has 21 heavy (non-hydrogen) atoms. The standard InChI is InChI=1S/C15H19FN2O3/c1-3-21-15(20)13-9-17-6-7-18(13)14(19)12-5-4-11(16)8-10(12)2/h4-5,8,13,17H,3,6-7,9H2,1-2H3. The minimum absolute atomic E-state index is 0.271. The number of carbonyl (C=O) groups is 2. The van der Waals surface area contributed by atoms with Crippen molar-refractivity contribution in [1.82, 2.24) is 10.2 Å². The minimum Gasteiger partial charge on any atom is -0.464 e. The van der Waals surface area contributed by atoms with Crippen LogP contribution in [-0.4, -0.2) is 49.1 Å². The molecule has 1 atom stereocenters. The lowest BCUT2D eigenvalue weighted by Crippen LogP contribution is -2.57. The molecule has 1 unspecified atom stereocenters. The molecule has 1 fully saturated rings. The van der Waals surface area contributed by atoms with E-state index >= 15 is 0 Å². The van der Waals surface area contributed by atoms with Gasteiger partial charge in [-0.05, 0) is 37.6 Å². The summed E-state index contributed by atoms with van der Waals surface area (Å²) in [5, 5.41) is 3.08. The van der Waals surface area contributed by atoms with E-state index in [1.165, 1.54) is 23.1 Å². The van der Waals surface area contributed by atoms with E-state index in [0.717, 1.165) is 0 Å². The predicted octanol–water partition coefficient (Wildman–Crippen LogP) is 1.11. The van der Waals surface area contributed by atoms with Crippen LogP contribution in [0, 0.1) is 12.7 Å². The summed E-state index contributed by atoms with van der Waals surface area (Å²) in [4.78, 5) is 26.1. The monoisotopic (exact) mass is 294 g/mol. The fourth-order valence-electron chi connectivity index (χ4n) is 2.42. The lowest BCUT2D eigenvalue weighted by Gasteiger charge is -2.34. The summed E-state index contributed by atoms with van der Waals surface area (Å²) in [6.07, 6.45) is 0. The molecule has 5 nitrogen and oxygen atoms in total. The summed E-state index contributed by atoms with van der Waals surface area (Å²) in [5.74, 6) is -1.07. The fraction of sp³-hybridized carbons (Fsp3) is 0.467. The van der Waals surface area contributed by atoms with Gasteiger partial charge in [-0.15, -0.1) is 0 Å². The average molecular weight is 294 g/mol. The van der Waals surface area contributed by atoms with Crippen molar-refractivity contribution in [3.63, 3.8) is 0 Å². The Bertz CT molecular complexity index is 548. The summed E-state index contributed by atoms with van der Waals surface area (Å²) in [6, 6.07) is 3.38. The van der Waals surface area contributed by atoms with E-state index in [9.17, 15) is 14.0 Å². The van der Waals surface area contributed by atoms with Gasteiger partial charge in [-0.2, -0.15) is 0 Å². The predicted molar refractivity (Wildman–Crippen MR) is 75.5 cm³/mol. The van der Waals surface area contributed by atoms with Gasteiger partial charge in [0.05, 0.1) is 6.61 Å².